The minimum Gasteiger partial charge on any atom is -0.487 e. The summed E-state index contributed by atoms with van der Waals surface area (Å²) in [6.07, 6.45) is 1.61. The van der Waals surface area contributed by atoms with Crippen LogP contribution in [0.2, 0.25) is 0 Å². The topological polar surface area (TPSA) is 77.2 Å². The molecular weight excluding hydrogens is 513 g/mol. The molecular formula is C27H25BrFN3O3. The zero-order chi connectivity index (χ0) is 24.9. The van der Waals surface area contributed by atoms with Crippen LogP contribution in [0.4, 0.5) is 4.39 Å². The van der Waals surface area contributed by atoms with Gasteiger partial charge in [0.1, 0.15) is 29.7 Å². The van der Waals surface area contributed by atoms with E-state index in [1.165, 1.54) is 6.07 Å². The Bertz CT molecular complexity index is 1430. The molecule has 2 aromatic heterocycles. The van der Waals surface area contributed by atoms with E-state index in [1.54, 1.807) is 19.2 Å². The summed E-state index contributed by atoms with van der Waals surface area (Å²) in [5.74, 6) is -0.577. The molecule has 2 heterocycles. The highest BCUT2D eigenvalue weighted by Crippen LogP contribution is 2.64. The molecule has 0 saturated heterocycles. The molecule has 0 aliphatic heterocycles. The van der Waals surface area contributed by atoms with Gasteiger partial charge in [-0.3, -0.25) is 9.78 Å². The first-order chi connectivity index (χ1) is 16.6. The molecule has 1 fully saturated rings. The molecule has 1 aliphatic rings. The summed E-state index contributed by atoms with van der Waals surface area (Å²) in [4.78, 5) is 20.9. The van der Waals surface area contributed by atoms with Crippen molar-refractivity contribution in [1.82, 2.24) is 14.5 Å². The van der Waals surface area contributed by atoms with E-state index in [9.17, 15) is 14.3 Å². The third kappa shape index (κ3) is 4.43. The molecule has 5 rings (SSSR count). The third-order valence-corrected chi connectivity index (χ3v) is 7.33. The highest BCUT2D eigenvalue weighted by molar-refractivity contribution is 9.10. The molecule has 0 spiro atoms. The van der Waals surface area contributed by atoms with Gasteiger partial charge >= 0.3 is 5.97 Å². The number of pyridine rings is 1. The molecule has 2 atom stereocenters. The number of aryl methyl sites for hydroxylation is 1. The molecule has 8 heteroatoms. The summed E-state index contributed by atoms with van der Waals surface area (Å²) in [6.45, 7) is 6.27. The summed E-state index contributed by atoms with van der Waals surface area (Å²) < 4.78 is 23.2. The summed E-state index contributed by atoms with van der Waals surface area (Å²) in [5.41, 5.74) is 3.26. The number of nitrogens with zero attached hydrogens (tertiary/aromatic N) is 3. The molecule has 1 saturated carbocycles. The Morgan fingerprint density at radius 1 is 1.20 bits per heavy atom. The van der Waals surface area contributed by atoms with Crippen LogP contribution in [0.25, 0.3) is 11.0 Å². The smallest absolute Gasteiger partial charge is 0.307 e. The average Bonchev–Trinajstić information content (AvgIpc) is 3.22. The van der Waals surface area contributed by atoms with Crippen molar-refractivity contribution in [1.29, 1.82) is 0 Å². The van der Waals surface area contributed by atoms with Crippen LogP contribution in [0.15, 0.2) is 59.2 Å². The van der Waals surface area contributed by atoms with Gasteiger partial charge in [-0.2, -0.15) is 0 Å². The van der Waals surface area contributed by atoms with E-state index in [0.717, 1.165) is 32.5 Å². The molecule has 0 amide bonds. The molecule has 0 unspecified atom stereocenters. The van der Waals surface area contributed by atoms with Gasteiger partial charge in [0.15, 0.2) is 0 Å². The number of fused-ring (bicyclic) bond motifs is 1. The first-order valence-corrected chi connectivity index (χ1v) is 12.2. The van der Waals surface area contributed by atoms with E-state index in [-0.39, 0.29) is 18.2 Å². The summed E-state index contributed by atoms with van der Waals surface area (Å²) in [5, 5.41) is 9.77. The maximum absolute atomic E-state index is 14.2. The second-order valence-electron chi connectivity index (χ2n) is 9.68. The van der Waals surface area contributed by atoms with Crippen LogP contribution in [0.1, 0.15) is 42.4 Å². The lowest BCUT2D eigenvalue weighted by molar-refractivity contribution is -0.139. The SMILES string of the molecule is Cc1cnc(COc2ccc3nc([C@H]4[C@@H](C(=O)O)C4(C)C)n(Cc4ccc(Br)cc4)c3c2)c(F)c1. The van der Waals surface area contributed by atoms with E-state index >= 15 is 0 Å². The number of aliphatic carboxylic acids is 1. The van der Waals surface area contributed by atoms with Gasteiger partial charge in [0.2, 0.25) is 0 Å². The van der Waals surface area contributed by atoms with Gasteiger partial charge in [0.25, 0.3) is 0 Å². The van der Waals surface area contributed by atoms with Crippen molar-refractivity contribution in [2.24, 2.45) is 11.3 Å². The molecule has 1 aliphatic carbocycles. The van der Waals surface area contributed by atoms with E-state index < -0.39 is 23.1 Å². The standard InChI is InChI=1S/C27H25BrFN3O3/c1-15-10-19(29)21(30-12-15)14-35-18-8-9-20-22(11-18)32(13-16-4-6-17(28)7-5-16)25(31-20)23-24(26(33)34)27(23,2)3/h4-12,23-24H,13-14H2,1-3H3,(H,33,34)/t23-,24+/m1/s1. The van der Waals surface area contributed by atoms with Crippen LogP contribution in [0.3, 0.4) is 0 Å². The van der Waals surface area contributed by atoms with Crippen molar-refractivity contribution in [2.45, 2.75) is 39.8 Å². The monoisotopic (exact) mass is 537 g/mol. The van der Waals surface area contributed by atoms with Crippen LogP contribution < -0.4 is 4.74 Å². The van der Waals surface area contributed by atoms with Crippen LogP contribution in [0.5, 0.6) is 5.75 Å². The molecule has 35 heavy (non-hydrogen) atoms. The number of aromatic nitrogens is 3. The summed E-state index contributed by atoms with van der Waals surface area (Å²) >= 11 is 3.47. The highest BCUT2D eigenvalue weighted by Gasteiger charge is 2.64. The van der Waals surface area contributed by atoms with Crippen LogP contribution in [-0.2, 0) is 17.9 Å². The van der Waals surface area contributed by atoms with E-state index in [4.69, 9.17) is 9.72 Å². The van der Waals surface area contributed by atoms with Crippen LogP contribution in [-0.4, -0.2) is 25.6 Å². The fourth-order valence-electron chi connectivity index (χ4n) is 4.79. The Morgan fingerprint density at radius 2 is 1.94 bits per heavy atom. The number of hydrogen-bond donors (Lipinski definition) is 1. The fourth-order valence-corrected chi connectivity index (χ4v) is 5.05. The number of benzene rings is 2. The molecule has 0 radical (unpaired) electrons. The van der Waals surface area contributed by atoms with Gasteiger partial charge in [-0.05, 0) is 53.8 Å². The molecule has 1 N–H and O–H groups in total. The van der Waals surface area contributed by atoms with Crippen LogP contribution in [0, 0.1) is 24.1 Å². The lowest BCUT2D eigenvalue weighted by Crippen LogP contribution is -2.07. The largest absolute Gasteiger partial charge is 0.487 e. The van der Waals surface area contributed by atoms with Gasteiger partial charge in [0.05, 0.1) is 17.0 Å². The number of halogens is 2. The van der Waals surface area contributed by atoms with Crippen molar-refractivity contribution in [2.75, 3.05) is 0 Å². The van der Waals surface area contributed by atoms with Gasteiger partial charge in [0, 0.05) is 29.2 Å². The van der Waals surface area contributed by atoms with E-state index in [0.29, 0.717) is 12.3 Å². The Kier molecular flexibility index (Phi) is 5.87. The second kappa shape index (κ2) is 8.75. The van der Waals surface area contributed by atoms with E-state index in [2.05, 4.69) is 25.5 Å². The second-order valence-corrected chi connectivity index (χ2v) is 10.6. The van der Waals surface area contributed by atoms with Gasteiger partial charge in [-0.15, -0.1) is 0 Å². The van der Waals surface area contributed by atoms with Crippen molar-refractivity contribution >= 4 is 32.9 Å². The Balaban J connectivity index is 1.52. The third-order valence-electron chi connectivity index (χ3n) is 6.80. The average molecular weight is 538 g/mol. The van der Waals surface area contributed by atoms with Crippen molar-refractivity contribution in [3.63, 3.8) is 0 Å². The Morgan fingerprint density at radius 3 is 2.60 bits per heavy atom. The molecule has 180 valence electrons. The quantitative estimate of drug-likeness (QED) is 0.308. The molecule has 6 nitrogen and oxygen atoms in total. The Labute approximate surface area is 210 Å². The fraction of sp³-hybridized carbons (Fsp3) is 0.296. The molecule has 4 aromatic rings. The maximum atomic E-state index is 14.2. The summed E-state index contributed by atoms with van der Waals surface area (Å²) in [6, 6.07) is 15.0. The Hall–Kier alpha value is -3.26. The summed E-state index contributed by atoms with van der Waals surface area (Å²) in [7, 11) is 0. The number of carbonyl (C=O) groups is 1. The lowest BCUT2D eigenvalue weighted by Gasteiger charge is -2.12. The minimum absolute atomic E-state index is 0.00205. The van der Waals surface area contributed by atoms with Crippen molar-refractivity contribution in [3.8, 4) is 5.75 Å². The van der Waals surface area contributed by atoms with Gasteiger partial charge < -0.3 is 14.4 Å². The van der Waals surface area contributed by atoms with E-state index in [1.807, 2.05) is 50.2 Å². The molecule has 0 bridgehead atoms. The van der Waals surface area contributed by atoms with Gasteiger partial charge in [-0.25, -0.2) is 9.37 Å². The van der Waals surface area contributed by atoms with Gasteiger partial charge in [-0.1, -0.05) is 41.9 Å². The number of hydrogen-bond acceptors (Lipinski definition) is 4. The maximum Gasteiger partial charge on any atom is 0.307 e. The van der Waals surface area contributed by atoms with Crippen molar-refractivity contribution < 1.29 is 19.0 Å². The van der Waals surface area contributed by atoms with Crippen molar-refractivity contribution in [3.05, 3.63) is 87.7 Å². The zero-order valence-corrected chi connectivity index (χ0v) is 21.2. The number of carboxylic acids is 1. The number of ether oxygens (including phenoxy) is 1. The first-order valence-electron chi connectivity index (χ1n) is 11.4. The highest BCUT2D eigenvalue weighted by atomic mass is 79.9. The number of rotatable bonds is 7. The predicted molar refractivity (Wildman–Crippen MR) is 134 cm³/mol. The predicted octanol–water partition coefficient (Wildman–Crippen LogP) is 6.09. The lowest BCUT2D eigenvalue weighted by atomic mass is 10.1. The number of imidazole rings is 1. The zero-order valence-electron chi connectivity index (χ0n) is 19.6. The number of carboxylic acid groups (broad SMARTS) is 1. The first kappa shape index (κ1) is 23.5. The molecule has 2 aromatic carbocycles. The van der Waals surface area contributed by atoms with Crippen LogP contribution >= 0.6 is 15.9 Å². The minimum atomic E-state index is -0.807. The normalized spacial score (nSPS) is 18.5.